The first kappa shape index (κ1) is 20.4. The molecule has 2 aromatic carbocycles. The van der Waals surface area contributed by atoms with Crippen molar-refractivity contribution in [3.8, 4) is 0 Å². The van der Waals surface area contributed by atoms with Crippen molar-refractivity contribution >= 4 is 40.5 Å². The van der Waals surface area contributed by atoms with E-state index in [1.807, 2.05) is 24.3 Å². The van der Waals surface area contributed by atoms with E-state index >= 15 is 0 Å². The van der Waals surface area contributed by atoms with E-state index in [0.717, 1.165) is 18.8 Å². The summed E-state index contributed by atoms with van der Waals surface area (Å²) in [6.45, 7) is 4.89. The molecule has 1 aliphatic rings. The first-order valence-corrected chi connectivity index (χ1v) is 9.77. The van der Waals surface area contributed by atoms with E-state index in [9.17, 15) is 14.4 Å². The molecular formula is C22H26N4O3. The molecule has 3 rings (SSSR count). The molecule has 1 saturated heterocycles. The van der Waals surface area contributed by atoms with Gasteiger partial charge in [-0.2, -0.15) is 0 Å². The van der Waals surface area contributed by atoms with Gasteiger partial charge >= 0.3 is 0 Å². The lowest BCUT2D eigenvalue weighted by Gasteiger charge is -2.28. The lowest BCUT2D eigenvalue weighted by atomic mass is 10.1. The number of anilines is 4. The maximum Gasteiger partial charge on any atom is 0.255 e. The molecule has 3 amide bonds. The molecule has 2 aromatic rings. The van der Waals surface area contributed by atoms with Crippen molar-refractivity contribution in [2.24, 2.45) is 0 Å². The minimum absolute atomic E-state index is 0.260. The van der Waals surface area contributed by atoms with Crippen molar-refractivity contribution in [3.63, 3.8) is 0 Å². The highest BCUT2D eigenvalue weighted by Crippen LogP contribution is 2.23. The van der Waals surface area contributed by atoms with Gasteiger partial charge in [0.05, 0.1) is 0 Å². The van der Waals surface area contributed by atoms with Crippen LogP contribution in [0.4, 0.5) is 22.7 Å². The Hall–Kier alpha value is -3.35. The van der Waals surface area contributed by atoms with Gasteiger partial charge in [0.25, 0.3) is 5.91 Å². The van der Waals surface area contributed by atoms with E-state index in [-0.39, 0.29) is 17.7 Å². The summed E-state index contributed by atoms with van der Waals surface area (Å²) in [5.74, 6) is -0.844. The molecule has 0 saturated carbocycles. The molecule has 0 spiro atoms. The number of carbonyl (C=O) groups is 3. The minimum Gasteiger partial charge on any atom is -0.372 e. The fourth-order valence-corrected chi connectivity index (χ4v) is 3.42. The van der Waals surface area contributed by atoms with Crippen LogP contribution in [-0.4, -0.2) is 30.8 Å². The van der Waals surface area contributed by atoms with Gasteiger partial charge in [0, 0.05) is 55.2 Å². The Morgan fingerprint density at radius 3 is 1.79 bits per heavy atom. The molecule has 3 N–H and O–H groups in total. The number of amides is 3. The summed E-state index contributed by atoms with van der Waals surface area (Å²) in [4.78, 5) is 37.8. The molecule has 0 aromatic heterocycles. The fourth-order valence-electron chi connectivity index (χ4n) is 3.42. The number of carbonyl (C=O) groups excluding carboxylic acids is 3. The number of rotatable bonds is 5. The second kappa shape index (κ2) is 9.23. The first-order valence-electron chi connectivity index (χ1n) is 9.77. The summed E-state index contributed by atoms with van der Waals surface area (Å²) in [5, 5.41) is 8.16. The van der Waals surface area contributed by atoms with Crippen LogP contribution in [0.15, 0.2) is 42.5 Å². The van der Waals surface area contributed by atoms with E-state index in [1.54, 1.807) is 18.2 Å². The van der Waals surface area contributed by atoms with Crippen LogP contribution >= 0.6 is 0 Å². The topological polar surface area (TPSA) is 90.5 Å². The van der Waals surface area contributed by atoms with Gasteiger partial charge in [0.15, 0.2) is 0 Å². The number of hydrogen-bond donors (Lipinski definition) is 3. The van der Waals surface area contributed by atoms with Gasteiger partial charge in [0.1, 0.15) is 0 Å². The zero-order valence-corrected chi connectivity index (χ0v) is 16.7. The molecule has 0 unspecified atom stereocenters. The molecule has 29 heavy (non-hydrogen) atoms. The van der Waals surface area contributed by atoms with Crippen LogP contribution in [0.25, 0.3) is 0 Å². The Kier molecular flexibility index (Phi) is 6.49. The van der Waals surface area contributed by atoms with Gasteiger partial charge in [-0.1, -0.05) is 0 Å². The highest BCUT2D eigenvalue weighted by Gasteiger charge is 2.13. The fraction of sp³-hybridized carbons (Fsp3) is 0.318. The summed E-state index contributed by atoms with van der Waals surface area (Å²) in [6.07, 6.45) is 3.70. The van der Waals surface area contributed by atoms with Crippen molar-refractivity contribution in [2.75, 3.05) is 33.9 Å². The lowest BCUT2D eigenvalue weighted by Crippen LogP contribution is -2.29. The third-order valence-electron chi connectivity index (χ3n) is 4.68. The third-order valence-corrected chi connectivity index (χ3v) is 4.68. The average Bonchev–Trinajstić information content (AvgIpc) is 2.68. The van der Waals surface area contributed by atoms with Crippen LogP contribution < -0.4 is 20.9 Å². The predicted octanol–water partition coefficient (Wildman–Crippen LogP) is 3.85. The van der Waals surface area contributed by atoms with Crippen LogP contribution in [0.2, 0.25) is 0 Å². The number of piperidine rings is 1. The molecule has 1 heterocycles. The molecule has 152 valence electrons. The third kappa shape index (κ3) is 5.81. The smallest absolute Gasteiger partial charge is 0.255 e. The van der Waals surface area contributed by atoms with Gasteiger partial charge in [-0.05, 0) is 61.7 Å². The monoisotopic (exact) mass is 394 g/mol. The molecule has 7 nitrogen and oxygen atoms in total. The largest absolute Gasteiger partial charge is 0.372 e. The van der Waals surface area contributed by atoms with Crippen molar-refractivity contribution in [3.05, 3.63) is 48.0 Å². The van der Waals surface area contributed by atoms with E-state index in [0.29, 0.717) is 22.6 Å². The molecule has 0 bridgehead atoms. The SMILES string of the molecule is CC(=O)Nc1cc(NC(C)=O)cc(C(=O)Nc2ccc(N3CCCCC3)cc2)c1. The second-order valence-corrected chi connectivity index (χ2v) is 7.21. The Morgan fingerprint density at radius 1 is 0.724 bits per heavy atom. The van der Waals surface area contributed by atoms with Gasteiger partial charge in [0.2, 0.25) is 11.8 Å². The summed E-state index contributed by atoms with van der Waals surface area (Å²) in [5.41, 5.74) is 3.05. The maximum atomic E-state index is 12.7. The van der Waals surface area contributed by atoms with Crippen molar-refractivity contribution in [1.29, 1.82) is 0 Å². The summed E-state index contributed by atoms with van der Waals surface area (Å²) in [7, 11) is 0. The first-order chi connectivity index (χ1) is 13.9. The molecule has 1 aliphatic heterocycles. The van der Waals surface area contributed by atoms with Gasteiger partial charge in [-0.3, -0.25) is 14.4 Å². The van der Waals surface area contributed by atoms with Crippen molar-refractivity contribution in [2.45, 2.75) is 33.1 Å². The average molecular weight is 394 g/mol. The summed E-state index contributed by atoms with van der Waals surface area (Å²) >= 11 is 0. The number of nitrogens with zero attached hydrogens (tertiary/aromatic N) is 1. The van der Waals surface area contributed by atoms with Crippen LogP contribution in [0.1, 0.15) is 43.5 Å². The minimum atomic E-state index is -0.325. The molecule has 7 heteroatoms. The summed E-state index contributed by atoms with van der Waals surface area (Å²) < 4.78 is 0. The van der Waals surface area contributed by atoms with Crippen molar-refractivity contribution in [1.82, 2.24) is 0 Å². The Labute approximate surface area is 170 Å². The number of nitrogens with one attached hydrogen (secondary N) is 3. The Morgan fingerprint density at radius 2 is 1.28 bits per heavy atom. The molecule has 0 atom stereocenters. The van der Waals surface area contributed by atoms with E-state index in [1.165, 1.54) is 33.1 Å². The molecular weight excluding hydrogens is 368 g/mol. The highest BCUT2D eigenvalue weighted by molar-refractivity contribution is 6.06. The Bertz CT molecular complexity index is 869. The summed E-state index contributed by atoms with van der Waals surface area (Å²) in [6, 6.07) is 12.5. The van der Waals surface area contributed by atoms with E-state index in [2.05, 4.69) is 20.9 Å². The normalized spacial score (nSPS) is 13.5. The van der Waals surface area contributed by atoms with Crippen LogP contribution in [0.5, 0.6) is 0 Å². The second-order valence-electron chi connectivity index (χ2n) is 7.21. The predicted molar refractivity (Wildman–Crippen MR) is 116 cm³/mol. The van der Waals surface area contributed by atoms with Crippen LogP contribution in [0.3, 0.4) is 0 Å². The Balaban J connectivity index is 1.74. The number of hydrogen-bond acceptors (Lipinski definition) is 4. The van der Waals surface area contributed by atoms with E-state index < -0.39 is 0 Å². The number of benzene rings is 2. The zero-order chi connectivity index (χ0) is 20.8. The van der Waals surface area contributed by atoms with Gasteiger partial charge in [-0.15, -0.1) is 0 Å². The zero-order valence-electron chi connectivity index (χ0n) is 16.7. The van der Waals surface area contributed by atoms with E-state index in [4.69, 9.17) is 0 Å². The molecule has 1 fully saturated rings. The van der Waals surface area contributed by atoms with Gasteiger partial charge in [-0.25, -0.2) is 0 Å². The van der Waals surface area contributed by atoms with Crippen LogP contribution in [0, 0.1) is 0 Å². The maximum absolute atomic E-state index is 12.7. The van der Waals surface area contributed by atoms with Gasteiger partial charge < -0.3 is 20.9 Å². The highest BCUT2D eigenvalue weighted by atomic mass is 16.2. The standard InChI is InChI=1S/C22H26N4O3/c1-15(27)23-19-12-17(13-20(14-19)24-16(2)28)22(29)25-18-6-8-21(9-7-18)26-10-4-3-5-11-26/h6-9,12-14H,3-5,10-11H2,1-2H3,(H,23,27)(H,24,28)(H,25,29). The lowest BCUT2D eigenvalue weighted by molar-refractivity contribution is -0.115. The quantitative estimate of drug-likeness (QED) is 0.719. The van der Waals surface area contributed by atoms with Crippen LogP contribution in [-0.2, 0) is 9.59 Å². The molecule has 0 aliphatic carbocycles. The molecule has 0 radical (unpaired) electrons. The van der Waals surface area contributed by atoms with Crippen molar-refractivity contribution < 1.29 is 14.4 Å².